The molecule has 0 aliphatic heterocycles. The molecule has 3 rings (SSSR count). The van der Waals surface area contributed by atoms with E-state index in [0.717, 1.165) is 36.0 Å². The van der Waals surface area contributed by atoms with Crippen molar-refractivity contribution < 1.29 is 9.59 Å². The summed E-state index contributed by atoms with van der Waals surface area (Å²) in [5, 5.41) is 1.76. The molecule has 1 aliphatic carbocycles. The number of benzene rings is 1. The van der Waals surface area contributed by atoms with Crippen LogP contribution in [0, 0.1) is 18.8 Å². The number of hydrogen-bond acceptors (Lipinski definition) is 4. The van der Waals surface area contributed by atoms with Crippen molar-refractivity contribution >= 4 is 46.6 Å². The summed E-state index contributed by atoms with van der Waals surface area (Å²) in [7, 11) is 0. The second kappa shape index (κ2) is 7.56. The van der Waals surface area contributed by atoms with Gasteiger partial charge in [0, 0.05) is 21.4 Å². The third-order valence-electron chi connectivity index (χ3n) is 4.83. The highest BCUT2D eigenvalue weighted by Crippen LogP contribution is 2.38. The molecule has 3 nitrogen and oxygen atoms in total. The number of Topliss-reactive ketones (excluding diaryl/α,β-unsaturated/α-hetero) is 1. The van der Waals surface area contributed by atoms with Crippen LogP contribution < -0.4 is 0 Å². The molecule has 1 heterocycles. The molecule has 2 aromatic rings. The lowest BCUT2D eigenvalue weighted by molar-refractivity contribution is -0.127. The molecule has 0 radical (unpaired) electrons. The Labute approximate surface area is 161 Å². The summed E-state index contributed by atoms with van der Waals surface area (Å²) in [6, 6.07) is 5.22. The van der Waals surface area contributed by atoms with Crippen LogP contribution >= 0.6 is 34.5 Å². The molecule has 1 unspecified atom stereocenters. The molecule has 0 bridgehead atoms. The van der Waals surface area contributed by atoms with E-state index >= 15 is 0 Å². The highest BCUT2D eigenvalue weighted by molar-refractivity contribution is 7.15. The van der Waals surface area contributed by atoms with Crippen LogP contribution in [0.1, 0.15) is 42.7 Å². The van der Waals surface area contributed by atoms with Gasteiger partial charge in [-0.25, -0.2) is 4.98 Å². The molecule has 0 spiro atoms. The van der Waals surface area contributed by atoms with Gasteiger partial charge in [0.05, 0.1) is 10.7 Å². The average molecular weight is 396 g/mol. The minimum absolute atomic E-state index is 0.00139. The van der Waals surface area contributed by atoms with E-state index in [1.807, 2.05) is 13.0 Å². The van der Waals surface area contributed by atoms with E-state index in [0.29, 0.717) is 26.7 Å². The summed E-state index contributed by atoms with van der Waals surface area (Å²) in [4.78, 5) is 30.0. The number of carbonyl (C=O) groups excluding carboxylic acids is 2. The molecule has 25 heavy (non-hydrogen) atoms. The summed E-state index contributed by atoms with van der Waals surface area (Å²) >= 11 is 13.7. The van der Waals surface area contributed by atoms with Gasteiger partial charge in [-0.3, -0.25) is 4.79 Å². The number of hydrogen-bond donors (Lipinski definition) is 0. The molecule has 0 amide bonds. The first kappa shape index (κ1) is 18.6. The molecule has 0 saturated heterocycles. The van der Waals surface area contributed by atoms with Crippen molar-refractivity contribution in [3.63, 3.8) is 0 Å². The summed E-state index contributed by atoms with van der Waals surface area (Å²) < 4.78 is 0. The van der Waals surface area contributed by atoms with E-state index in [1.54, 1.807) is 12.1 Å². The van der Waals surface area contributed by atoms with Crippen molar-refractivity contribution in [3.8, 4) is 10.6 Å². The van der Waals surface area contributed by atoms with Gasteiger partial charge in [-0.15, -0.1) is 11.3 Å². The Balaban J connectivity index is 1.92. The van der Waals surface area contributed by atoms with Gasteiger partial charge < -0.3 is 4.79 Å². The predicted octanol–water partition coefficient (Wildman–Crippen LogP) is 5.71. The number of aromatic nitrogens is 1. The molecule has 0 N–H and O–H groups in total. The van der Waals surface area contributed by atoms with E-state index in [4.69, 9.17) is 23.2 Å². The van der Waals surface area contributed by atoms with E-state index in [1.165, 1.54) is 11.3 Å². The zero-order chi connectivity index (χ0) is 18.1. The Morgan fingerprint density at radius 2 is 2.12 bits per heavy atom. The second-order valence-electron chi connectivity index (χ2n) is 6.72. The molecule has 132 valence electrons. The largest absolute Gasteiger partial charge is 0.302 e. The van der Waals surface area contributed by atoms with Crippen LogP contribution in [0.25, 0.3) is 10.6 Å². The molecule has 1 aromatic heterocycles. The molecule has 1 saturated carbocycles. The van der Waals surface area contributed by atoms with Gasteiger partial charge in [-0.2, -0.15) is 0 Å². The van der Waals surface area contributed by atoms with Gasteiger partial charge in [-0.1, -0.05) is 30.1 Å². The van der Waals surface area contributed by atoms with Crippen LogP contribution in [0.3, 0.4) is 0 Å². The lowest BCUT2D eigenvalue weighted by Crippen LogP contribution is -2.22. The van der Waals surface area contributed by atoms with Crippen molar-refractivity contribution in [1.29, 1.82) is 0 Å². The first-order chi connectivity index (χ1) is 11.9. The number of aryl methyl sites for hydroxylation is 1. The van der Waals surface area contributed by atoms with E-state index < -0.39 is 5.92 Å². The Morgan fingerprint density at radius 3 is 2.72 bits per heavy atom. The molecule has 1 aromatic carbocycles. The molecule has 3 atom stereocenters. The van der Waals surface area contributed by atoms with E-state index in [-0.39, 0.29) is 11.7 Å². The summed E-state index contributed by atoms with van der Waals surface area (Å²) in [6.45, 7) is 4.04. The third kappa shape index (κ3) is 3.81. The molecular formula is C19H19Cl2NO2S. The van der Waals surface area contributed by atoms with E-state index in [2.05, 4.69) is 11.9 Å². The SMILES string of the molecule is Cc1sc(-c2ccc(Cl)cc2Cl)nc1C(C=O)C(=O)[C@@H]1CC[C@@H](C)C1. The summed E-state index contributed by atoms with van der Waals surface area (Å²) in [5.41, 5.74) is 1.32. The van der Waals surface area contributed by atoms with Crippen molar-refractivity contribution in [3.05, 3.63) is 38.8 Å². The standard InChI is InChI=1S/C19H19Cl2NO2S/c1-10-3-4-12(7-10)18(24)15(9-23)17-11(2)25-19(22-17)14-6-5-13(20)8-16(14)21/h5-6,8-10,12,15H,3-4,7H2,1-2H3/t10-,12-,15?/m1/s1. The van der Waals surface area contributed by atoms with Gasteiger partial charge in [-0.05, 0) is 50.3 Å². The molecule has 1 aliphatic rings. The smallest absolute Gasteiger partial charge is 0.152 e. The van der Waals surface area contributed by atoms with Gasteiger partial charge in [0.25, 0.3) is 0 Å². The number of carbonyl (C=O) groups is 2. The quantitative estimate of drug-likeness (QED) is 0.480. The van der Waals surface area contributed by atoms with Crippen LogP contribution in [0.5, 0.6) is 0 Å². The van der Waals surface area contributed by atoms with Crippen molar-refractivity contribution in [2.45, 2.75) is 39.0 Å². The van der Waals surface area contributed by atoms with Crippen molar-refractivity contribution in [1.82, 2.24) is 4.98 Å². The maximum atomic E-state index is 12.8. The fourth-order valence-corrected chi connectivity index (χ4v) is 5.01. The zero-order valence-corrected chi connectivity index (χ0v) is 16.4. The second-order valence-corrected chi connectivity index (χ2v) is 8.76. The maximum absolute atomic E-state index is 12.8. The number of nitrogens with zero attached hydrogens (tertiary/aromatic N) is 1. The first-order valence-corrected chi connectivity index (χ1v) is 9.89. The predicted molar refractivity (Wildman–Crippen MR) is 103 cm³/mol. The summed E-state index contributed by atoms with van der Waals surface area (Å²) in [6.07, 6.45) is 3.51. The van der Waals surface area contributed by atoms with Crippen LogP contribution in [-0.4, -0.2) is 17.1 Å². The topological polar surface area (TPSA) is 47.0 Å². The van der Waals surface area contributed by atoms with Crippen molar-refractivity contribution in [2.75, 3.05) is 0 Å². The number of halogens is 2. The van der Waals surface area contributed by atoms with Gasteiger partial charge in [0.1, 0.15) is 17.2 Å². The fraction of sp³-hybridized carbons (Fsp3) is 0.421. The first-order valence-electron chi connectivity index (χ1n) is 8.32. The van der Waals surface area contributed by atoms with Crippen molar-refractivity contribution in [2.24, 2.45) is 11.8 Å². The third-order valence-corrected chi connectivity index (χ3v) is 6.40. The van der Waals surface area contributed by atoms with Crippen LogP contribution in [-0.2, 0) is 9.59 Å². The highest BCUT2D eigenvalue weighted by atomic mass is 35.5. The monoisotopic (exact) mass is 395 g/mol. The maximum Gasteiger partial charge on any atom is 0.152 e. The number of thiazole rings is 1. The zero-order valence-electron chi connectivity index (χ0n) is 14.1. The Bertz CT molecular complexity index is 818. The van der Waals surface area contributed by atoms with Crippen LogP contribution in [0.2, 0.25) is 10.0 Å². The molecule has 1 fully saturated rings. The number of rotatable bonds is 5. The lowest BCUT2D eigenvalue weighted by atomic mass is 9.89. The van der Waals surface area contributed by atoms with Crippen LogP contribution in [0.4, 0.5) is 0 Å². The van der Waals surface area contributed by atoms with Gasteiger partial charge in [0.2, 0.25) is 0 Å². The highest BCUT2D eigenvalue weighted by Gasteiger charge is 2.35. The average Bonchev–Trinajstić information content (AvgIpc) is 3.15. The molecular weight excluding hydrogens is 377 g/mol. The minimum Gasteiger partial charge on any atom is -0.302 e. The Morgan fingerprint density at radius 1 is 1.36 bits per heavy atom. The Hall–Kier alpha value is -1.23. The van der Waals surface area contributed by atoms with Gasteiger partial charge in [0.15, 0.2) is 5.78 Å². The fourth-order valence-electron chi connectivity index (χ4n) is 3.46. The molecule has 6 heteroatoms. The van der Waals surface area contributed by atoms with Gasteiger partial charge >= 0.3 is 0 Å². The lowest BCUT2D eigenvalue weighted by Gasteiger charge is -2.13. The summed E-state index contributed by atoms with van der Waals surface area (Å²) in [5.74, 6) is -0.275. The van der Waals surface area contributed by atoms with E-state index in [9.17, 15) is 9.59 Å². The number of ketones is 1. The number of aldehydes is 1. The normalized spacial score (nSPS) is 21.3. The Kier molecular flexibility index (Phi) is 5.62. The minimum atomic E-state index is -0.786. The van der Waals surface area contributed by atoms with Crippen LogP contribution in [0.15, 0.2) is 18.2 Å².